The van der Waals surface area contributed by atoms with Crippen molar-refractivity contribution in [3.8, 4) is 5.75 Å². The summed E-state index contributed by atoms with van der Waals surface area (Å²) in [5, 5.41) is 3.24. The van der Waals surface area contributed by atoms with Gasteiger partial charge < -0.3 is 10.1 Å². The Hall–Kier alpha value is -2.78. The van der Waals surface area contributed by atoms with Crippen LogP contribution in [0.1, 0.15) is 22.3 Å². The van der Waals surface area contributed by atoms with Gasteiger partial charge in [-0.15, -0.1) is 0 Å². The number of hydrogen-bond acceptors (Lipinski definition) is 5. The van der Waals surface area contributed by atoms with Gasteiger partial charge in [0, 0.05) is 4.47 Å². The molecule has 0 unspecified atom stereocenters. The summed E-state index contributed by atoms with van der Waals surface area (Å²) in [6.07, 6.45) is 1.65. The molecule has 37 heavy (non-hydrogen) atoms. The highest BCUT2D eigenvalue weighted by atomic mass is 79.9. The largest absolute Gasteiger partial charge is 0.484 e. The lowest BCUT2D eigenvalue weighted by atomic mass is 10.1. The van der Waals surface area contributed by atoms with Gasteiger partial charge in [0.25, 0.3) is 17.1 Å². The van der Waals surface area contributed by atoms with E-state index in [1.807, 2.05) is 26.0 Å². The first-order valence-electron chi connectivity index (χ1n) is 11.1. The quantitative estimate of drug-likeness (QED) is 0.275. The number of amides is 3. The molecular weight excluding hydrogens is 599 g/mol. The first-order valence-corrected chi connectivity index (χ1v) is 13.5. The second-order valence-electron chi connectivity index (χ2n) is 8.34. The number of hydrogen-bond donors (Lipinski definition) is 1. The van der Waals surface area contributed by atoms with Crippen LogP contribution in [0.4, 0.5) is 10.5 Å². The number of nitrogens with one attached hydrogen (secondary N) is 1. The molecule has 0 spiro atoms. The molecule has 3 aromatic rings. The minimum absolute atomic E-state index is 0.104. The van der Waals surface area contributed by atoms with Crippen LogP contribution in [-0.2, 0) is 16.1 Å². The molecule has 10 heteroatoms. The fourth-order valence-electron chi connectivity index (χ4n) is 3.48. The number of nitrogens with zero attached hydrogens (tertiary/aromatic N) is 1. The lowest BCUT2D eigenvalue weighted by Gasteiger charge is -2.13. The number of imide groups is 1. The zero-order chi connectivity index (χ0) is 26.7. The predicted octanol–water partition coefficient (Wildman–Crippen LogP) is 7.63. The fourth-order valence-corrected chi connectivity index (χ4v) is 5.20. The van der Waals surface area contributed by atoms with Crippen LogP contribution in [0.5, 0.6) is 5.75 Å². The molecule has 1 fully saturated rings. The maximum Gasteiger partial charge on any atom is 0.293 e. The number of carbonyl (C=O) groups is 3. The van der Waals surface area contributed by atoms with Gasteiger partial charge in [-0.3, -0.25) is 19.3 Å². The number of carbonyl (C=O) groups excluding carboxylic acids is 3. The van der Waals surface area contributed by atoms with Crippen molar-refractivity contribution in [3.63, 3.8) is 0 Å². The van der Waals surface area contributed by atoms with Crippen LogP contribution in [0.15, 0.2) is 64.0 Å². The van der Waals surface area contributed by atoms with E-state index in [-0.39, 0.29) is 30.2 Å². The molecule has 1 N–H and O–H groups in total. The minimum atomic E-state index is -0.379. The maximum atomic E-state index is 12.8. The third-order valence-electron chi connectivity index (χ3n) is 5.60. The summed E-state index contributed by atoms with van der Waals surface area (Å²) in [6.45, 7) is 3.92. The van der Waals surface area contributed by atoms with Gasteiger partial charge in [0.05, 0.1) is 27.2 Å². The predicted molar refractivity (Wildman–Crippen MR) is 152 cm³/mol. The van der Waals surface area contributed by atoms with Crippen molar-refractivity contribution in [1.82, 2.24) is 4.90 Å². The van der Waals surface area contributed by atoms with Crippen LogP contribution in [-0.4, -0.2) is 28.6 Å². The standard InChI is InChI=1S/C27H21BrCl2N2O4S/c1-15-9-20(28)23(10-16(15)2)31-25(33)14-36-19-6-3-17(4-7-19)12-24-26(34)32(27(35)37-24)13-18-5-8-21(29)22(30)11-18/h3-12H,13-14H2,1-2H3,(H,31,33)/b24-12-. The molecule has 4 rings (SSSR count). The Morgan fingerprint density at radius 2 is 1.73 bits per heavy atom. The van der Waals surface area contributed by atoms with Crippen LogP contribution in [0.2, 0.25) is 10.0 Å². The number of ether oxygens (including phenoxy) is 1. The molecule has 1 aliphatic rings. The van der Waals surface area contributed by atoms with Crippen molar-refractivity contribution in [2.75, 3.05) is 11.9 Å². The summed E-state index contributed by atoms with van der Waals surface area (Å²) < 4.78 is 6.40. The fraction of sp³-hybridized carbons (Fsp3) is 0.148. The zero-order valence-corrected chi connectivity index (χ0v) is 23.7. The van der Waals surface area contributed by atoms with E-state index in [2.05, 4.69) is 21.2 Å². The van der Waals surface area contributed by atoms with Crippen LogP contribution < -0.4 is 10.1 Å². The van der Waals surface area contributed by atoms with Crippen LogP contribution in [0.3, 0.4) is 0 Å². The van der Waals surface area contributed by atoms with Gasteiger partial charge >= 0.3 is 0 Å². The van der Waals surface area contributed by atoms with Gasteiger partial charge in [-0.05, 0) is 106 Å². The normalized spacial score (nSPS) is 14.4. The van der Waals surface area contributed by atoms with E-state index in [1.165, 1.54) is 4.90 Å². The van der Waals surface area contributed by atoms with E-state index in [1.54, 1.807) is 48.5 Å². The van der Waals surface area contributed by atoms with Crippen molar-refractivity contribution < 1.29 is 19.1 Å². The van der Waals surface area contributed by atoms with Crippen LogP contribution in [0.25, 0.3) is 6.08 Å². The first kappa shape index (κ1) is 27.3. The molecule has 0 atom stereocenters. The molecule has 0 aromatic heterocycles. The zero-order valence-electron chi connectivity index (χ0n) is 19.8. The third-order valence-corrected chi connectivity index (χ3v) is 7.91. The van der Waals surface area contributed by atoms with Crippen molar-refractivity contribution in [2.45, 2.75) is 20.4 Å². The molecule has 0 aliphatic carbocycles. The molecular formula is C27H21BrCl2N2O4S. The molecule has 1 aliphatic heterocycles. The summed E-state index contributed by atoms with van der Waals surface area (Å²) in [5.74, 6) is -0.168. The number of aryl methyl sites for hydroxylation is 2. The van der Waals surface area contributed by atoms with Gasteiger partial charge in [0.2, 0.25) is 0 Å². The summed E-state index contributed by atoms with van der Waals surface area (Å²) in [7, 11) is 0. The second-order valence-corrected chi connectivity index (χ2v) is 11.0. The highest BCUT2D eigenvalue weighted by molar-refractivity contribution is 9.10. The Balaban J connectivity index is 1.35. The van der Waals surface area contributed by atoms with Crippen molar-refractivity contribution in [2.24, 2.45) is 0 Å². The van der Waals surface area contributed by atoms with E-state index in [4.69, 9.17) is 27.9 Å². The number of halogens is 3. The van der Waals surface area contributed by atoms with Gasteiger partial charge in [-0.1, -0.05) is 41.4 Å². The van der Waals surface area contributed by atoms with Crippen molar-refractivity contribution in [3.05, 3.63) is 96.3 Å². The SMILES string of the molecule is Cc1cc(Br)c(NC(=O)COc2ccc(/C=C3\SC(=O)N(Cc4ccc(Cl)c(Cl)c4)C3=O)cc2)cc1C. The van der Waals surface area contributed by atoms with E-state index >= 15 is 0 Å². The lowest BCUT2D eigenvalue weighted by Crippen LogP contribution is -2.27. The van der Waals surface area contributed by atoms with E-state index in [9.17, 15) is 14.4 Å². The molecule has 190 valence electrons. The van der Waals surface area contributed by atoms with Gasteiger partial charge in [0.1, 0.15) is 5.75 Å². The first-order chi connectivity index (χ1) is 17.6. The molecule has 0 saturated carbocycles. The van der Waals surface area contributed by atoms with E-state index in [0.717, 1.165) is 32.9 Å². The highest BCUT2D eigenvalue weighted by Gasteiger charge is 2.35. The topological polar surface area (TPSA) is 75.7 Å². The summed E-state index contributed by atoms with van der Waals surface area (Å²) in [5.41, 5.74) is 4.30. The molecule has 6 nitrogen and oxygen atoms in total. The number of anilines is 1. The summed E-state index contributed by atoms with van der Waals surface area (Å²) in [6, 6.07) is 15.7. The average molecular weight is 620 g/mol. The van der Waals surface area contributed by atoms with E-state index in [0.29, 0.717) is 32.0 Å². The molecule has 3 amide bonds. The Morgan fingerprint density at radius 3 is 2.43 bits per heavy atom. The van der Waals surface area contributed by atoms with Crippen molar-refractivity contribution >= 4 is 79.7 Å². The average Bonchev–Trinajstić information content (AvgIpc) is 3.11. The Morgan fingerprint density at radius 1 is 1.03 bits per heavy atom. The lowest BCUT2D eigenvalue weighted by molar-refractivity contribution is -0.123. The Bertz CT molecular complexity index is 1430. The van der Waals surface area contributed by atoms with Gasteiger partial charge in [-0.25, -0.2) is 0 Å². The molecule has 3 aromatic carbocycles. The maximum absolute atomic E-state index is 12.8. The van der Waals surface area contributed by atoms with Crippen LogP contribution in [0, 0.1) is 13.8 Å². The smallest absolute Gasteiger partial charge is 0.293 e. The molecule has 0 bridgehead atoms. The molecule has 1 heterocycles. The molecule has 0 radical (unpaired) electrons. The van der Waals surface area contributed by atoms with Gasteiger partial charge in [0.15, 0.2) is 6.61 Å². The summed E-state index contributed by atoms with van der Waals surface area (Å²) in [4.78, 5) is 39.1. The second kappa shape index (κ2) is 11.7. The Kier molecular flexibility index (Phi) is 8.64. The van der Waals surface area contributed by atoms with Gasteiger partial charge in [-0.2, -0.15) is 0 Å². The third kappa shape index (κ3) is 6.76. The Labute approximate surface area is 237 Å². The monoisotopic (exact) mass is 618 g/mol. The van der Waals surface area contributed by atoms with E-state index < -0.39 is 0 Å². The number of benzene rings is 3. The van der Waals surface area contributed by atoms with Crippen molar-refractivity contribution in [1.29, 1.82) is 0 Å². The number of rotatable bonds is 7. The highest BCUT2D eigenvalue weighted by Crippen LogP contribution is 2.34. The molecule has 1 saturated heterocycles. The number of thioether (sulfide) groups is 1. The van der Waals surface area contributed by atoms with Crippen LogP contribution >= 0.6 is 50.9 Å². The minimum Gasteiger partial charge on any atom is -0.484 e. The summed E-state index contributed by atoms with van der Waals surface area (Å²) >= 11 is 16.3.